The fourth-order valence-electron chi connectivity index (χ4n) is 9.77. The van der Waals surface area contributed by atoms with Crippen LogP contribution in [0.3, 0.4) is 0 Å². The lowest BCUT2D eigenvalue weighted by Gasteiger charge is -2.29. The van der Waals surface area contributed by atoms with Gasteiger partial charge >= 0.3 is 0 Å². The van der Waals surface area contributed by atoms with Crippen LogP contribution in [0.5, 0.6) is 0 Å². The van der Waals surface area contributed by atoms with Crippen molar-refractivity contribution in [3.8, 4) is 44.5 Å². The molecule has 56 heavy (non-hydrogen) atoms. The third-order valence-electron chi connectivity index (χ3n) is 12.7. The van der Waals surface area contributed by atoms with Crippen LogP contribution in [0.2, 0.25) is 0 Å². The minimum absolute atomic E-state index is 0.0559. The second-order valence-corrected chi connectivity index (χ2v) is 17.6. The Balaban J connectivity index is 1.05. The van der Waals surface area contributed by atoms with Gasteiger partial charge in [-0.3, -0.25) is 0 Å². The van der Waals surface area contributed by atoms with Crippen LogP contribution in [0.25, 0.3) is 64.7 Å². The fourth-order valence-corrected chi connectivity index (χ4v) is 10.9. The summed E-state index contributed by atoms with van der Waals surface area (Å²) in [6, 6.07) is 65.8. The van der Waals surface area contributed by atoms with Gasteiger partial charge in [-0.1, -0.05) is 155 Å². The molecule has 2 aliphatic carbocycles. The van der Waals surface area contributed by atoms with Gasteiger partial charge in [0.2, 0.25) is 0 Å². The van der Waals surface area contributed by atoms with Gasteiger partial charge in [-0.2, -0.15) is 0 Å². The van der Waals surface area contributed by atoms with Crippen LogP contribution >= 0.6 is 11.3 Å². The van der Waals surface area contributed by atoms with Crippen molar-refractivity contribution in [3.05, 3.63) is 198 Å². The number of fused-ring (bicyclic) bond motifs is 9. The zero-order valence-corrected chi connectivity index (χ0v) is 32.9. The molecular weight excluding hydrogens is 695 g/mol. The maximum absolute atomic E-state index is 2.48. The van der Waals surface area contributed by atoms with Crippen molar-refractivity contribution in [2.45, 2.75) is 38.5 Å². The van der Waals surface area contributed by atoms with Gasteiger partial charge in [0.25, 0.3) is 0 Å². The summed E-state index contributed by atoms with van der Waals surface area (Å²) >= 11 is 1.87. The van der Waals surface area contributed by atoms with Crippen molar-refractivity contribution in [3.63, 3.8) is 0 Å². The molecule has 8 aromatic carbocycles. The largest absolute Gasteiger partial charge is 0.310 e. The molecule has 2 heteroatoms. The maximum Gasteiger partial charge on any atom is 0.0543 e. The van der Waals surface area contributed by atoms with Gasteiger partial charge in [-0.15, -0.1) is 11.3 Å². The lowest BCUT2D eigenvalue weighted by Crippen LogP contribution is -2.16. The predicted octanol–water partition coefficient (Wildman–Crippen LogP) is 15.5. The van der Waals surface area contributed by atoms with Crippen molar-refractivity contribution >= 4 is 48.6 Å². The second kappa shape index (κ2) is 12.1. The molecule has 1 heterocycles. The summed E-state index contributed by atoms with van der Waals surface area (Å²) in [6.07, 6.45) is 0. The molecule has 9 aromatic rings. The highest BCUT2D eigenvalue weighted by atomic mass is 32.1. The Hall–Kier alpha value is -6.22. The van der Waals surface area contributed by atoms with E-state index in [2.05, 4.69) is 209 Å². The van der Waals surface area contributed by atoms with E-state index in [1.54, 1.807) is 0 Å². The average Bonchev–Trinajstić information content (AvgIpc) is 3.81. The zero-order valence-electron chi connectivity index (χ0n) is 32.1. The van der Waals surface area contributed by atoms with Gasteiger partial charge in [-0.25, -0.2) is 0 Å². The number of rotatable bonds is 5. The van der Waals surface area contributed by atoms with Gasteiger partial charge in [0.05, 0.1) is 5.69 Å². The lowest BCUT2D eigenvalue weighted by molar-refractivity contribution is 0.660. The molecule has 0 unspecified atom stereocenters. The van der Waals surface area contributed by atoms with Crippen molar-refractivity contribution in [1.29, 1.82) is 0 Å². The van der Waals surface area contributed by atoms with E-state index in [1.807, 2.05) is 11.3 Å². The minimum Gasteiger partial charge on any atom is -0.310 e. The highest BCUT2D eigenvalue weighted by Gasteiger charge is 2.38. The lowest BCUT2D eigenvalue weighted by atomic mass is 9.81. The third-order valence-corrected chi connectivity index (χ3v) is 13.8. The fraction of sp³-hybridized carbons (Fsp3) is 0.111. The standard InChI is InChI=1S/C54H41NS/c1-53(2)46-19-9-6-17-44(46)52-47(53)20-12-21-49(52)55(38-27-23-34(24-28-38)37-26-30-43-42-16-7-10-22-50(42)56-51(43)33-37)39-14-11-13-35(31-39)36-25-29-41-40-15-5-8-18-45(40)54(3,4)48(41)32-36/h5-33H,1-4H3. The number of nitrogens with zero attached hydrogens (tertiary/aromatic N) is 1. The van der Waals surface area contributed by atoms with E-state index in [1.165, 1.54) is 92.6 Å². The summed E-state index contributed by atoms with van der Waals surface area (Å²) < 4.78 is 2.66. The summed E-state index contributed by atoms with van der Waals surface area (Å²) in [4.78, 5) is 2.48. The first-order valence-electron chi connectivity index (χ1n) is 19.7. The van der Waals surface area contributed by atoms with E-state index in [0.29, 0.717) is 0 Å². The Morgan fingerprint density at radius 1 is 0.375 bits per heavy atom. The SMILES string of the molecule is CC1(C)c2ccccc2-c2ccc(-c3cccc(N(c4ccc(-c5ccc6c(c5)sc5ccccc56)cc4)c4cccc5c4-c4ccccc4C5(C)C)c3)cc21. The van der Waals surface area contributed by atoms with Crippen LogP contribution in [0, 0.1) is 0 Å². The highest BCUT2D eigenvalue weighted by molar-refractivity contribution is 7.25. The molecule has 0 aliphatic heterocycles. The Morgan fingerprint density at radius 3 is 1.80 bits per heavy atom. The Bertz CT molecular complexity index is 3030. The first-order chi connectivity index (χ1) is 27.3. The molecule has 0 radical (unpaired) electrons. The zero-order chi connectivity index (χ0) is 37.8. The molecule has 0 saturated heterocycles. The van der Waals surface area contributed by atoms with Gasteiger partial charge in [0.1, 0.15) is 0 Å². The molecular formula is C54H41NS. The number of hydrogen-bond donors (Lipinski definition) is 0. The maximum atomic E-state index is 2.48. The van der Waals surface area contributed by atoms with Crippen molar-refractivity contribution in [2.24, 2.45) is 0 Å². The molecule has 0 spiro atoms. The minimum atomic E-state index is -0.0979. The molecule has 0 amide bonds. The topological polar surface area (TPSA) is 3.24 Å². The van der Waals surface area contributed by atoms with Crippen LogP contribution < -0.4 is 4.90 Å². The van der Waals surface area contributed by atoms with Crippen molar-refractivity contribution < 1.29 is 0 Å². The molecule has 0 saturated carbocycles. The number of anilines is 3. The molecule has 268 valence electrons. The third kappa shape index (κ3) is 4.85. The summed E-state index contributed by atoms with van der Waals surface area (Å²) in [6.45, 7) is 9.45. The number of hydrogen-bond acceptors (Lipinski definition) is 2. The molecule has 11 rings (SSSR count). The first-order valence-corrected chi connectivity index (χ1v) is 20.5. The van der Waals surface area contributed by atoms with E-state index in [4.69, 9.17) is 0 Å². The molecule has 0 bridgehead atoms. The molecule has 1 nitrogen and oxygen atoms in total. The number of benzene rings is 8. The Labute approximate surface area is 333 Å². The van der Waals surface area contributed by atoms with E-state index in [0.717, 1.165) is 11.4 Å². The molecule has 0 atom stereocenters. The summed E-state index contributed by atoms with van der Waals surface area (Å²) in [5.74, 6) is 0. The number of thiophene rings is 1. The van der Waals surface area contributed by atoms with Gasteiger partial charge in [-0.05, 0) is 110 Å². The first kappa shape index (κ1) is 33.1. The average molecular weight is 736 g/mol. The summed E-state index contributed by atoms with van der Waals surface area (Å²) in [7, 11) is 0. The summed E-state index contributed by atoms with van der Waals surface area (Å²) in [5, 5.41) is 2.66. The Kier molecular flexibility index (Phi) is 7.18. The molecule has 2 aliphatic rings. The van der Waals surface area contributed by atoms with Crippen LogP contribution in [0.4, 0.5) is 17.1 Å². The molecule has 0 fully saturated rings. The predicted molar refractivity (Wildman–Crippen MR) is 240 cm³/mol. The molecule has 1 aromatic heterocycles. The van der Waals surface area contributed by atoms with E-state index >= 15 is 0 Å². The smallest absolute Gasteiger partial charge is 0.0543 e. The monoisotopic (exact) mass is 735 g/mol. The van der Waals surface area contributed by atoms with Gasteiger partial charge in [0, 0.05) is 47.9 Å². The van der Waals surface area contributed by atoms with Crippen molar-refractivity contribution in [2.75, 3.05) is 4.90 Å². The van der Waals surface area contributed by atoms with Crippen LogP contribution in [-0.2, 0) is 10.8 Å². The van der Waals surface area contributed by atoms with Crippen LogP contribution in [0.15, 0.2) is 176 Å². The van der Waals surface area contributed by atoms with Crippen molar-refractivity contribution in [1.82, 2.24) is 0 Å². The normalized spacial score (nSPS) is 14.4. The van der Waals surface area contributed by atoms with Gasteiger partial charge < -0.3 is 4.90 Å². The second-order valence-electron chi connectivity index (χ2n) is 16.5. The quantitative estimate of drug-likeness (QED) is 0.170. The molecule has 0 N–H and O–H groups in total. The van der Waals surface area contributed by atoms with E-state index < -0.39 is 0 Å². The summed E-state index contributed by atoms with van der Waals surface area (Å²) in [5.41, 5.74) is 19.1. The van der Waals surface area contributed by atoms with Gasteiger partial charge in [0.15, 0.2) is 0 Å². The van der Waals surface area contributed by atoms with E-state index in [-0.39, 0.29) is 10.8 Å². The van der Waals surface area contributed by atoms with Crippen LogP contribution in [-0.4, -0.2) is 0 Å². The Morgan fingerprint density at radius 2 is 0.964 bits per heavy atom. The van der Waals surface area contributed by atoms with Crippen LogP contribution in [0.1, 0.15) is 49.9 Å². The van der Waals surface area contributed by atoms with E-state index in [9.17, 15) is 0 Å². The highest BCUT2D eigenvalue weighted by Crippen LogP contribution is 2.55.